The molecule has 2 amide bonds. The Balaban J connectivity index is 2.15. The van der Waals surface area contributed by atoms with E-state index < -0.39 is 44.5 Å². The summed E-state index contributed by atoms with van der Waals surface area (Å²) in [6.45, 7) is 2.57. The van der Waals surface area contributed by atoms with E-state index in [0.717, 1.165) is 6.92 Å². The number of rotatable bonds is 5. The molecular formula is C11H16F2N2O4S. The standard InChI is InChI=1S/C11H16F2N2O4S/c1-6(16)14-11(5-7(11)8(12)13)9(17)15-20(18,19)10(2)3-4-10/h7-8H,3-5H2,1-2H3,(H,14,16)(H,15,17). The van der Waals surface area contributed by atoms with Crippen molar-refractivity contribution in [2.45, 2.75) is 49.8 Å². The zero-order valence-corrected chi connectivity index (χ0v) is 11.9. The zero-order valence-electron chi connectivity index (χ0n) is 11.1. The Labute approximate surface area is 115 Å². The summed E-state index contributed by atoms with van der Waals surface area (Å²) in [6.07, 6.45) is -2.23. The van der Waals surface area contributed by atoms with Crippen LogP contribution in [0.3, 0.4) is 0 Å². The van der Waals surface area contributed by atoms with Gasteiger partial charge in [0, 0.05) is 6.92 Å². The minimum Gasteiger partial charge on any atom is -0.341 e. The molecule has 0 aromatic heterocycles. The van der Waals surface area contributed by atoms with Crippen LogP contribution in [0.2, 0.25) is 0 Å². The van der Waals surface area contributed by atoms with E-state index in [1.54, 1.807) is 0 Å². The van der Waals surface area contributed by atoms with Crippen LogP contribution in [0.5, 0.6) is 0 Å². The average molecular weight is 310 g/mol. The van der Waals surface area contributed by atoms with E-state index in [2.05, 4.69) is 5.32 Å². The fourth-order valence-electron chi connectivity index (χ4n) is 2.15. The summed E-state index contributed by atoms with van der Waals surface area (Å²) in [6, 6.07) is 0. The van der Waals surface area contributed by atoms with Gasteiger partial charge in [-0.05, 0) is 26.2 Å². The van der Waals surface area contributed by atoms with E-state index in [4.69, 9.17) is 0 Å². The Morgan fingerprint density at radius 3 is 2.20 bits per heavy atom. The van der Waals surface area contributed by atoms with Gasteiger partial charge in [0.15, 0.2) is 0 Å². The number of carbonyl (C=O) groups is 2. The molecule has 0 aromatic rings. The van der Waals surface area contributed by atoms with Crippen LogP contribution >= 0.6 is 0 Å². The molecule has 0 saturated heterocycles. The molecule has 2 atom stereocenters. The van der Waals surface area contributed by atoms with E-state index >= 15 is 0 Å². The van der Waals surface area contributed by atoms with Gasteiger partial charge in [-0.2, -0.15) is 0 Å². The highest BCUT2D eigenvalue weighted by Gasteiger charge is 2.66. The first-order valence-electron chi connectivity index (χ1n) is 6.18. The highest BCUT2D eigenvalue weighted by molar-refractivity contribution is 7.91. The number of hydrogen-bond acceptors (Lipinski definition) is 4. The Morgan fingerprint density at radius 1 is 1.30 bits per heavy atom. The van der Waals surface area contributed by atoms with Gasteiger partial charge in [0.05, 0.1) is 10.7 Å². The van der Waals surface area contributed by atoms with Crippen LogP contribution in [0.1, 0.15) is 33.1 Å². The predicted molar refractivity (Wildman–Crippen MR) is 65.4 cm³/mol. The maximum absolute atomic E-state index is 12.7. The van der Waals surface area contributed by atoms with Crippen LogP contribution < -0.4 is 10.0 Å². The minimum atomic E-state index is -3.91. The second kappa shape index (κ2) is 4.37. The van der Waals surface area contributed by atoms with Gasteiger partial charge >= 0.3 is 0 Å². The smallest absolute Gasteiger partial charge is 0.259 e. The van der Waals surface area contributed by atoms with Gasteiger partial charge in [-0.25, -0.2) is 17.2 Å². The molecule has 20 heavy (non-hydrogen) atoms. The largest absolute Gasteiger partial charge is 0.341 e. The quantitative estimate of drug-likeness (QED) is 0.756. The van der Waals surface area contributed by atoms with E-state index in [1.165, 1.54) is 6.92 Å². The molecule has 2 fully saturated rings. The second-order valence-electron chi connectivity index (χ2n) is 5.68. The van der Waals surface area contributed by atoms with Crippen LogP contribution in [0.4, 0.5) is 8.78 Å². The monoisotopic (exact) mass is 310 g/mol. The molecule has 0 bridgehead atoms. The van der Waals surface area contributed by atoms with Crippen molar-refractivity contribution in [1.29, 1.82) is 0 Å². The van der Waals surface area contributed by atoms with Gasteiger partial charge in [-0.1, -0.05) is 0 Å². The topological polar surface area (TPSA) is 92.3 Å². The third kappa shape index (κ3) is 2.38. The van der Waals surface area contributed by atoms with Gasteiger partial charge < -0.3 is 5.32 Å². The van der Waals surface area contributed by atoms with Crippen molar-refractivity contribution < 1.29 is 26.8 Å². The molecule has 2 unspecified atom stereocenters. The van der Waals surface area contributed by atoms with Crippen LogP contribution in [0.15, 0.2) is 0 Å². The molecule has 0 heterocycles. The van der Waals surface area contributed by atoms with Crippen molar-refractivity contribution >= 4 is 21.8 Å². The molecule has 0 spiro atoms. The highest BCUT2D eigenvalue weighted by atomic mass is 32.2. The second-order valence-corrected chi connectivity index (χ2v) is 7.88. The lowest BCUT2D eigenvalue weighted by molar-refractivity contribution is -0.129. The molecule has 0 radical (unpaired) electrons. The number of amides is 2. The molecule has 6 nitrogen and oxygen atoms in total. The highest BCUT2D eigenvalue weighted by Crippen LogP contribution is 2.49. The van der Waals surface area contributed by atoms with Crippen molar-refractivity contribution in [3.63, 3.8) is 0 Å². The zero-order chi connectivity index (χ0) is 15.3. The van der Waals surface area contributed by atoms with Crippen molar-refractivity contribution in [3.8, 4) is 0 Å². The van der Waals surface area contributed by atoms with Gasteiger partial charge in [0.1, 0.15) is 5.54 Å². The molecule has 9 heteroatoms. The summed E-state index contributed by atoms with van der Waals surface area (Å²) in [5.41, 5.74) is -1.81. The maximum atomic E-state index is 12.7. The molecule has 2 aliphatic rings. The van der Waals surface area contributed by atoms with Gasteiger partial charge in [0.2, 0.25) is 22.4 Å². The fourth-order valence-corrected chi connectivity index (χ4v) is 3.46. The van der Waals surface area contributed by atoms with E-state index in [-0.39, 0.29) is 6.42 Å². The number of halogens is 2. The van der Waals surface area contributed by atoms with Crippen molar-refractivity contribution in [3.05, 3.63) is 0 Å². The fraction of sp³-hybridized carbons (Fsp3) is 0.818. The Hall–Kier alpha value is -1.25. The molecule has 2 N–H and O–H groups in total. The normalized spacial score (nSPS) is 30.8. The van der Waals surface area contributed by atoms with Crippen LogP contribution in [-0.4, -0.2) is 36.9 Å². The SMILES string of the molecule is CC(=O)NC1(C(=O)NS(=O)(=O)C2(C)CC2)CC1C(F)F. The van der Waals surface area contributed by atoms with E-state index in [1.807, 2.05) is 4.72 Å². The van der Waals surface area contributed by atoms with Crippen molar-refractivity contribution in [2.75, 3.05) is 0 Å². The predicted octanol–water partition coefficient (Wildman–Crippen LogP) is 0.145. The lowest BCUT2D eigenvalue weighted by Gasteiger charge is -2.20. The van der Waals surface area contributed by atoms with Crippen molar-refractivity contribution in [1.82, 2.24) is 10.0 Å². The molecule has 2 aliphatic carbocycles. The van der Waals surface area contributed by atoms with Crippen molar-refractivity contribution in [2.24, 2.45) is 5.92 Å². The lowest BCUT2D eigenvalue weighted by atomic mass is 10.2. The van der Waals surface area contributed by atoms with Crippen LogP contribution in [-0.2, 0) is 19.6 Å². The van der Waals surface area contributed by atoms with Crippen LogP contribution in [0.25, 0.3) is 0 Å². The molecule has 2 rings (SSSR count). The number of alkyl halides is 2. The summed E-state index contributed by atoms with van der Waals surface area (Å²) >= 11 is 0. The van der Waals surface area contributed by atoms with E-state index in [0.29, 0.717) is 12.8 Å². The Bertz CT molecular complexity index is 559. The van der Waals surface area contributed by atoms with Gasteiger partial charge in [0.25, 0.3) is 5.91 Å². The lowest BCUT2D eigenvalue weighted by Crippen LogP contribution is -2.53. The number of carbonyl (C=O) groups excluding carboxylic acids is 2. The summed E-state index contributed by atoms with van der Waals surface area (Å²) in [5.74, 6) is -3.09. The van der Waals surface area contributed by atoms with E-state index in [9.17, 15) is 26.8 Å². The molecule has 0 aliphatic heterocycles. The first kappa shape index (κ1) is 15.1. The minimum absolute atomic E-state index is 0.262. The number of hydrogen-bond donors (Lipinski definition) is 2. The summed E-state index contributed by atoms with van der Waals surface area (Å²) in [7, 11) is -3.91. The molecule has 114 valence electrons. The summed E-state index contributed by atoms with van der Waals surface area (Å²) in [5, 5.41) is 2.16. The first-order chi connectivity index (χ1) is 9.04. The average Bonchev–Trinajstić information content (AvgIpc) is 3.14. The summed E-state index contributed by atoms with van der Waals surface area (Å²) < 4.78 is 50.1. The number of sulfonamides is 1. The maximum Gasteiger partial charge on any atom is 0.259 e. The Morgan fingerprint density at radius 2 is 1.85 bits per heavy atom. The number of nitrogens with one attached hydrogen (secondary N) is 2. The third-order valence-electron chi connectivity index (χ3n) is 3.95. The molecular weight excluding hydrogens is 294 g/mol. The summed E-state index contributed by atoms with van der Waals surface area (Å²) in [4.78, 5) is 23.1. The Kier molecular flexibility index (Phi) is 3.31. The van der Waals surface area contributed by atoms with Crippen LogP contribution in [0, 0.1) is 5.92 Å². The van der Waals surface area contributed by atoms with Gasteiger partial charge in [-0.15, -0.1) is 0 Å². The molecule has 2 saturated carbocycles. The third-order valence-corrected chi connectivity index (χ3v) is 6.11. The first-order valence-corrected chi connectivity index (χ1v) is 7.66. The van der Waals surface area contributed by atoms with Gasteiger partial charge in [-0.3, -0.25) is 14.3 Å². The molecule has 0 aromatic carbocycles.